The van der Waals surface area contributed by atoms with E-state index in [9.17, 15) is 5.11 Å². The molecule has 1 rings (SSSR count). The number of benzene rings is 1. The third-order valence-electron chi connectivity index (χ3n) is 2.53. The highest BCUT2D eigenvalue weighted by Crippen LogP contribution is 2.24. The van der Waals surface area contributed by atoms with Crippen LogP contribution in [-0.2, 0) is 0 Å². The van der Waals surface area contributed by atoms with Crippen LogP contribution in [0.2, 0.25) is 0 Å². The van der Waals surface area contributed by atoms with Gasteiger partial charge in [0.05, 0.1) is 24.6 Å². The molecule has 4 heteroatoms. The lowest BCUT2D eigenvalue weighted by atomic mass is 10.1. The van der Waals surface area contributed by atoms with E-state index in [1.807, 2.05) is 19.9 Å². The Kier molecular flexibility index (Phi) is 4.43. The topological polar surface area (TPSA) is 67.5 Å². The first-order valence-electron chi connectivity index (χ1n) is 5.40. The van der Waals surface area contributed by atoms with Crippen molar-refractivity contribution in [2.24, 2.45) is 5.92 Å². The van der Waals surface area contributed by atoms with Gasteiger partial charge in [-0.15, -0.1) is 0 Å². The van der Waals surface area contributed by atoms with Crippen LogP contribution in [0.1, 0.15) is 13.8 Å². The normalized spacial score (nSPS) is 12.6. The number of nitrogen functional groups attached to an aromatic ring is 1. The molecule has 90 valence electrons. The highest BCUT2D eigenvalue weighted by atomic mass is 16.5. The molecule has 0 radical (unpaired) electrons. The number of ether oxygens (including phenoxy) is 1. The summed E-state index contributed by atoms with van der Waals surface area (Å²) in [5.41, 5.74) is 7.25. The van der Waals surface area contributed by atoms with Crippen LogP contribution < -0.4 is 15.8 Å². The number of hydrogen-bond donors (Lipinski definition) is 3. The fourth-order valence-corrected chi connectivity index (χ4v) is 1.27. The van der Waals surface area contributed by atoms with Crippen molar-refractivity contribution in [3.8, 4) is 5.75 Å². The van der Waals surface area contributed by atoms with E-state index in [2.05, 4.69) is 5.32 Å². The maximum Gasteiger partial charge on any atom is 0.121 e. The van der Waals surface area contributed by atoms with E-state index in [4.69, 9.17) is 10.5 Å². The Balaban J connectivity index is 2.65. The van der Waals surface area contributed by atoms with Gasteiger partial charge in [-0.1, -0.05) is 13.8 Å². The van der Waals surface area contributed by atoms with Crippen LogP contribution >= 0.6 is 0 Å². The molecule has 0 amide bonds. The molecule has 0 aromatic heterocycles. The molecule has 0 fully saturated rings. The highest BCUT2D eigenvalue weighted by Gasteiger charge is 2.09. The summed E-state index contributed by atoms with van der Waals surface area (Å²) in [5, 5.41) is 12.8. The number of aliphatic hydroxyl groups excluding tert-OH is 1. The minimum Gasteiger partial charge on any atom is -0.497 e. The van der Waals surface area contributed by atoms with Gasteiger partial charge in [0.1, 0.15) is 5.75 Å². The fourth-order valence-electron chi connectivity index (χ4n) is 1.27. The van der Waals surface area contributed by atoms with Crippen LogP contribution in [-0.4, -0.2) is 24.9 Å². The summed E-state index contributed by atoms with van der Waals surface area (Å²) in [4.78, 5) is 0. The molecule has 0 saturated carbocycles. The smallest absolute Gasteiger partial charge is 0.121 e. The third kappa shape index (κ3) is 3.31. The molecular weight excluding hydrogens is 204 g/mol. The average Bonchev–Trinajstić information content (AvgIpc) is 2.27. The van der Waals surface area contributed by atoms with Crippen molar-refractivity contribution in [2.75, 3.05) is 24.7 Å². The van der Waals surface area contributed by atoms with Crippen LogP contribution in [0.4, 0.5) is 11.4 Å². The Morgan fingerprint density at radius 2 is 2.12 bits per heavy atom. The van der Waals surface area contributed by atoms with Crippen molar-refractivity contribution < 1.29 is 9.84 Å². The minimum absolute atomic E-state index is 0.222. The molecule has 0 heterocycles. The first-order chi connectivity index (χ1) is 7.54. The summed E-state index contributed by atoms with van der Waals surface area (Å²) >= 11 is 0. The van der Waals surface area contributed by atoms with E-state index in [0.717, 1.165) is 11.4 Å². The molecular formula is C12H20N2O2. The van der Waals surface area contributed by atoms with E-state index in [-0.39, 0.29) is 12.0 Å². The van der Waals surface area contributed by atoms with Crippen LogP contribution in [0, 0.1) is 5.92 Å². The zero-order chi connectivity index (χ0) is 12.1. The van der Waals surface area contributed by atoms with E-state index < -0.39 is 0 Å². The quantitative estimate of drug-likeness (QED) is 0.666. The van der Waals surface area contributed by atoms with Crippen molar-refractivity contribution in [3.63, 3.8) is 0 Å². The summed E-state index contributed by atoms with van der Waals surface area (Å²) in [5.74, 6) is 0.968. The number of nitrogens with one attached hydrogen (secondary N) is 1. The zero-order valence-corrected chi connectivity index (χ0v) is 10.0. The van der Waals surface area contributed by atoms with Crippen molar-refractivity contribution in [3.05, 3.63) is 18.2 Å². The molecule has 1 aromatic carbocycles. The second-order valence-corrected chi connectivity index (χ2v) is 4.15. The molecule has 4 N–H and O–H groups in total. The molecule has 4 nitrogen and oxygen atoms in total. The molecule has 16 heavy (non-hydrogen) atoms. The second-order valence-electron chi connectivity index (χ2n) is 4.15. The number of hydrogen-bond acceptors (Lipinski definition) is 4. The molecule has 0 aliphatic carbocycles. The number of methoxy groups -OCH3 is 1. The van der Waals surface area contributed by atoms with Gasteiger partial charge in [0.2, 0.25) is 0 Å². The van der Waals surface area contributed by atoms with Crippen LogP contribution in [0.15, 0.2) is 18.2 Å². The van der Waals surface area contributed by atoms with Gasteiger partial charge in [0, 0.05) is 12.6 Å². The largest absolute Gasteiger partial charge is 0.497 e. The fraction of sp³-hybridized carbons (Fsp3) is 0.500. The number of nitrogens with two attached hydrogens (primary N) is 1. The summed E-state index contributed by atoms with van der Waals surface area (Å²) in [7, 11) is 1.61. The van der Waals surface area contributed by atoms with Gasteiger partial charge in [-0.05, 0) is 18.1 Å². The monoisotopic (exact) mass is 224 g/mol. The molecule has 0 saturated heterocycles. The molecule has 1 atom stereocenters. The first-order valence-corrected chi connectivity index (χ1v) is 5.40. The van der Waals surface area contributed by atoms with Crippen molar-refractivity contribution in [1.82, 2.24) is 0 Å². The Morgan fingerprint density at radius 3 is 2.69 bits per heavy atom. The average molecular weight is 224 g/mol. The lowest BCUT2D eigenvalue weighted by Crippen LogP contribution is -2.25. The molecule has 1 unspecified atom stereocenters. The van der Waals surface area contributed by atoms with E-state index in [1.165, 1.54) is 0 Å². The maximum atomic E-state index is 9.67. The van der Waals surface area contributed by atoms with Gasteiger partial charge in [-0.25, -0.2) is 0 Å². The Bertz CT molecular complexity index is 340. The molecule has 1 aromatic rings. The van der Waals surface area contributed by atoms with E-state index in [0.29, 0.717) is 12.2 Å². The molecule has 0 aliphatic rings. The Hall–Kier alpha value is -1.42. The Morgan fingerprint density at radius 1 is 1.44 bits per heavy atom. The van der Waals surface area contributed by atoms with Gasteiger partial charge < -0.3 is 20.9 Å². The van der Waals surface area contributed by atoms with Crippen LogP contribution in [0.25, 0.3) is 0 Å². The highest BCUT2D eigenvalue weighted by molar-refractivity contribution is 5.68. The van der Waals surface area contributed by atoms with Gasteiger partial charge in [0.15, 0.2) is 0 Å². The number of anilines is 2. The van der Waals surface area contributed by atoms with Crippen molar-refractivity contribution in [2.45, 2.75) is 20.0 Å². The van der Waals surface area contributed by atoms with Gasteiger partial charge in [-0.3, -0.25) is 0 Å². The Labute approximate surface area is 96.4 Å². The number of aliphatic hydroxyl groups is 1. The number of rotatable bonds is 5. The predicted octanol–water partition coefficient (Wildman–Crippen LogP) is 1.71. The zero-order valence-electron chi connectivity index (χ0n) is 10.0. The molecule has 0 spiro atoms. The van der Waals surface area contributed by atoms with Crippen LogP contribution in [0.5, 0.6) is 5.75 Å². The van der Waals surface area contributed by atoms with Crippen molar-refractivity contribution in [1.29, 1.82) is 0 Å². The summed E-state index contributed by atoms with van der Waals surface area (Å²) in [6.07, 6.45) is -0.384. The van der Waals surface area contributed by atoms with Crippen LogP contribution in [0.3, 0.4) is 0 Å². The summed E-state index contributed by atoms with van der Waals surface area (Å²) in [6.45, 7) is 4.43. The minimum atomic E-state index is -0.384. The summed E-state index contributed by atoms with van der Waals surface area (Å²) < 4.78 is 5.11. The first kappa shape index (κ1) is 12.6. The standard InChI is InChI=1S/C12H20N2O2/c1-8(2)12(15)7-14-11-6-9(16-3)4-5-10(11)13/h4-6,8,12,14-15H,7,13H2,1-3H3. The second kappa shape index (κ2) is 5.61. The maximum absolute atomic E-state index is 9.67. The SMILES string of the molecule is COc1ccc(N)c(NCC(O)C(C)C)c1. The predicted molar refractivity (Wildman–Crippen MR) is 66.7 cm³/mol. The summed E-state index contributed by atoms with van der Waals surface area (Å²) in [6, 6.07) is 5.41. The van der Waals surface area contributed by atoms with Gasteiger partial charge in [-0.2, -0.15) is 0 Å². The van der Waals surface area contributed by atoms with Gasteiger partial charge >= 0.3 is 0 Å². The van der Waals surface area contributed by atoms with E-state index >= 15 is 0 Å². The lowest BCUT2D eigenvalue weighted by molar-refractivity contribution is 0.138. The third-order valence-corrected chi connectivity index (χ3v) is 2.53. The molecule has 0 bridgehead atoms. The van der Waals surface area contributed by atoms with Gasteiger partial charge in [0.25, 0.3) is 0 Å². The lowest BCUT2D eigenvalue weighted by Gasteiger charge is -2.17. The van der Waals surface area contributed by atoms with Crippen molar-refractivity contribution >= 4 is 11.4 Å². The van der Waals surface area contributed by atoms with E-state index in [1.54, 1.807) is 19.2 Å². The molecule has 0 aliphatic heterocycles.